The number of rotatable bonds is 5. The first-order valence-corrected chi connectivity index (χ1v) is 15.7. The second-order valence-electron chi connectivity index (χ2n) is 11.6. The lowest BCUT2D eigenvalue weighted by molar-refractivity contribution is 0.0519. The van der Waals surface area contributed by atoms with Gasteiger partial charge in [-0.2, -0.15) is 0 Å². The summed E-state index contributed by atoms with van der Waals surface area (Å²) in [7, 11) is 0. The van der Waals surface area contributed by atoms with Crippen LogP contribution < -0.4 is 4.90 Å². The van der Waals surface area contributed by atoms with E-state index in [1.807, 2.05) is 45.9 Å². The standard InChI is InChI=1S/C31H34Cl2N4O3S/c1-6-40-29(38)26-28(34-19(2)25(35-26)22-12-9-13-23(32)24(22)33)37-16-14-31(15-17-37)18-20-10-7-8-11-21(20)27(31)36-41(39)30(3,4)5/h7-13H,6,14-18H2,1-5H3/t41-/m1/s1. The third-order valence-electron chi connectivity index (χ3n) is 7.75. The molecular formula is C31H34Cl2N4O3S. The van der Waals surface area contributed by atoms with Crippen molar-refractivity contribution in [3.8, 4) is 11.3 Å². The van der Waals surface area contributed by atoms with Gasteiger partial charge in [0.2, 0.25) is 0 Å². The maximum atomic E-state index is 13.2. The van der Waals surface area contributed by atoms with Crippen LogP contribution in [0.1, 0.15) is 67.8 Å². The minimum absolute atomic E-state index is 0.150. The minimum Gasteiger partial charge on any atom is -0.591 e. The van der Waals surface area contributed by atoms with Crippen LogP contribution in [-0.4, -0.2) is 50.6 Å². The highest BCUT2D eigenvalue weighted by Gasteiger charge is 2.48. The predicted octanol–water partition coefficient (Wildman–Crippen LogP) is 7.03. The molecule has 1 aliphatic heterocycles. The summed E-state index contributed by atoms with van der Waals surface area (Å²) in [4.78, 5) is 24.9. The van der Waals surface area contributed by atoms with Gasteiger partial charge >= 0.3 is 5.97 Å². The number of aromatic nitrogens is 2. The SMILES string of the molecule is CCOC(=O)c1nc(-c2cccc(Cl)c2Cl)c(C)nc1N1CCC2(CC1)Cc1ccccc1C2=N[S@+]([O-])C(C)(C)C. The second-order valence-corrected chi connectivity index (χ2v) is 14.2. The second kappa shape index (κ2) is 11.6. The molecular weight excluding hydrogens is 579 g/mol. The Balaban J connectivity index is 1.50. The van der Waals surface area contributed by atoms with Gasteiger partial charge in [-0.3, -0.25) is 0 Å². The fraction of sp³-hybridized carbons (Fsp3) is 0.419. The highest BCUT2D eigenvalue weighted by Crippen LogP contribution is 2.47. The normalized spacial score (nSPS) is 18.0. The predicted molar refractivity (Wildman–Crippen MR) is 167 cm³/mol. The van der Waals surface area contributed by atoms with Crippen LogP contribution in [0, 0.1) is 12.3 Å². The molecule has 0 bridgehead atoms. The maximum absolute atomic E-state index is 13.2. The van der Waals surface area contributed by atoms with Crippen LogP contribution in [0.25, 0.3) is 11.3 Å². The van der Waals surface area contributed by atoms with Gasteiger partial charge in [-0.05, 0) is 65.5 Å². The summed E-state index contributed by atoms with van der Waals surface area (Å²) in [5, 5.41) is 0.755. The van der Waals surface area contributed by atoms with Gasteiger partial charge in [0.1, 0.15) is 21.8 Å². The van der Waals surface area contributed by atoms with Gasteiger partial charge in [-0.15, -0.1) is 0 Å². The number of carbonyl (C=O) groups excluding carboxylic acids is 1. The first-order chi connectivity index (χ1) is 19.4. The lowest BCUT2D eigenvalue weighted by atomic mass is 9.74. The van der Waals surface area contributed by atoms with Gasteiger partial charge < -0.3 is 14.2 Å². The quantitative estimate of drug-likeness (QED) is 0.227. The Bertz CT molecular complexity index is 1510. The number of anilines is 1. The van der Waals surface area contributed by atoms with Crippen molar-refractivity contribution in [2.45, 2.75) is 58.6 Å². The molecule has 0 radical (unpaired) electrons. The molecule has 1 aliphatic carbocycles. The molecule has 2 aliphatic rings. The number of esters is 1. The van der Waals surface area contributed by atoms with E-state index in [0.717, 1.165) is 30.5 Å². The maximum Gasteiger partial charge on any atom is 0.360 e. The third-order valence-corrected chi connectivity index (χ3v) is 9.96. The van der Waals surface area contributed by atoms with E-state index in [2.05, 4.69) is 17.0 Å². The van der Waals surface area contributed by atoms with Crippen molar-refractivity contribution < 1.29 is 14.1 Å². The fourth-order valence-corrected chi connectivity index (χ4v) is 6.69. The molecule has 0 N–H and O–H groups in total. The highest BCUT2D eigenvalue weighted by molar-refractivity contribution is 7.91. The average Bonchev–Trinajstić information content (AvgIpc) is 3.22. The summed E-state index contributed by atoms with van der Waals surface area (Å²) in [5.74, 6) is -0.0456. The van der Waals surface area contributed by atoms with E-state index in [1.54, 1.807) is 19.1 Å². The molecule has 2 heterocycles. The van der Waals surface area contributed by atoms with Crippen LogP contribution in [0.15, 0.2) is 46.9 Å². The molecule has 1 spiro atoms. The Hall–Kier alpha value is -2.65. The number of benzene rings is 2. The summed E-state index contributed by atoms with van der Waals surface area (Å²) in [6.07, 6.45) is 2.39. The topological polar surface area (TPSA) is 90.7 Å². The molecule has 0 amide bonds. The Morgan fingerprint density at radius 1 is 1.10 bits per heavy atom. The number of aryl methyl sites for hydroxylation is 1. The Morgan fingerprint density at radius 2 is 1.78 bits per heavy atom. The zero-order chi connectivity index (χ0) is 29.5. The monoisotopic (exact) mass is 612 g/mol. The molecule has 0 saturated carbocycles. The van der Waals surface area contributed by atoms with Crippen molar-refractivity contribution in [2.24, 2.45) is 9.81 Å². The Kier molecular flexibility index (Phi) is 8.41. The van der Waals surface area contributed by atoms with Gasteiger partial charge in [-0.1, -0.05) is 64.0 Å². The fourth-order valence-electron chi connectivity index (χ4n) is 5.57. The van der Waals surface area contributed by atoms with Crippen molar-refractivity contribution in [1.82, 2.24) is 9.97 Å². The number of fused-ring (bicyclic) bond motifs is 1. The molecule has 41 heavy (non-hydrogen) atoms. The zero-order valence-electron chi connectivity index (χ0n) is 24.0. The first kappa shape index (κ1) is 29.8. The van der Waals surface area contributed by atoms with Gasteiger partial charge in [-0.25, -0.2) is 14.8 Å². The molecule has 5 rings (SSSR count). The number of piperidine rings is 1. The van der Waals surface area contributed by atoms with Crippen LogP contribution >= 0.6 is 23.2 Å². The molecule has 1 fully saturated rings. The van der Waals surface area contributed by atoms with Gasteiger partial charge in [0, 0.05) is 29.6 Å². The lowest BCUT2D eigenvalue weighted by Gasteiger charge is -2.40. The molecule has 216 valence electrons. The van der Waals surface area contributed by atoms with Crippen molar-refractivity contribution >= 4 is 52.1 Å². The first-order valence-electron chi connectivity index (χ1n) is 13.8. The van der Waals surface area contributed by atoms with Crippen molar-refractivity contribution in [3.05, 3.63) is 75.0 Å². The molecule has 1 saturated heterocycles. The summed E-state index contributed by atoms with van der Waals surface area (Å²) in [6, 6.07) is 13.6. The highest BCUT2D eigenvalue weighted by atomic mass is 35.5. The summed E-state index contributed by atoms with van der Waals surface area (Å²) < 4.78 is 23.0. The van der Waals surface area contributed by atoms with E-state index in [1.165, 1.54) is 5.56 Å². The number of hydrogen-bond donors (Lipinski definition) is 0. The van der Waals surface area contributed by atoms with Crippen molar-refractivity contribution in [3.63, 3.8) is 0 Å². The van der Waals surface area contributed by atoms with Crippen LogP contribution in [0.5, 0.6) is 0 Å². The van der Waals surface area contributed by atoms with Crippen LogP contribution in [0.4, 0.5) is 5.82 Å². The summed E-state index contributed by atoms with van der Waals surface area (Å²) in [6.45, 7) is 10.9. The number of ether oxygens (including phenoxy) is 1. The number of halogens is 2. The van der Waals surface area contributed by atoms with Gasteiger partial charge in [0.05, 0.1) is 28.0 Å². The molecule has 1 aromatic heterocycles. The minimum atomic E-state index is -1.38. The van der Waals surface area contributed by atoms with Crippen molar-refractivity contribution in [2.75, 3.05) is 24.6 Å². The van der Waals surface area contributed by atoms with Gasteiger partial charge in [0.15, 0.2) is 11.5 Å². The van der Waals surface area contributed by atoms with E-state index < -0.39 is 22.1 Å². The third kappa shape index (κ3) is 5.72. The molecule has 1 atom stereocenters. The van der Waals surface area contributed by atoms with Crippen LogP contribution in [-0.2, 0) is 22.5 Å². The Morgan fingerprint density at radius 3 is 2.46 bits per heavy atom. The molecule has 10 heteroatoms. The lowest BCUT2D eigenvalue weighted by Crippen LogP contribution is -2.45. The number of hydrogen-bond acceptors (Lipinski definition) is 7. The van der Waals surface area contributed by atoms with Crippen LogP contribution in [0.3, 0.4) is 0 Å². The summed E-state index contributed by atoms with van der Waals surface area (Å²) >= 11 is 11.4. The van der Waals surface area contributed by atoms with Crippen LogP contribution in [0.2, 0.25) is 10.0 Å². The molecule has 7 nitrogen and oxygen atoms in total. The van der Waals surface area contributed by atoms with E-state index in [0.29, 0.717) is 45.9 Å². The van der Waals surface area contributed by atoms with E-state index in [4.69, 9.17) is 42.3 Å². The summed E-state index contributed by atoms with van der Waals surface area (Å²) in [5.41, 5.74) is 4.89. The number of nitrogens with zero attached hydrogens (tertiary/aromatic N) is 4. The zero-order valence-corrected chi connectivity index (χ0v) is 26.3. The van der Waals surface area contributed by atoms with E-state index in [9.17, 15) is 9.35 Å². The number of carbonyl (C=O) groups is 1. The van der Waals surface area contributed by atoms with E-state index in [-0.39, 0.29) is 17.7 Å². The smallest absolute Gasteiger partial charge is 0.360 e. The molecule has 0 unspecified atom stereocenters. The molecule has 3 aromatic rings. The largest absolute Gasteiger partial charge is 0.591 e. The van der Waals surface area contributed by atoms with E-state index >= 15 is 0 Å². The molecule has 2 aromatic carbocycles. The van der Waals surface area contributed by atoms with Gasteiger partial charge in [0.25, 0.3) is 0 Å². The Labute approximate surface area is 254 Å². The average molecular weight is 614 g/mol. The van der Waals surface area contributed by atoms with Crippen molar-refractivity contribution in [1.29, 1.82) is 0 Å².